The number of rotatable bonds is 1. The molecule has 4 heteroatoms. The molecule has 0 fully saturated rings. The molecule has 0 saturated heterocycles. The van der Waals surface area contributed by atoms with Gasteiger partial charge in [0.2, 0.25) is 0 Å². The lowest BCUT2D eigenvalue weighted by molar-refractivity contribution is 1.40. The molecular weight excluding hydrogens is 296 g/mol. The van der Waals surface area contributed by atoms with Crippen molar-refractivity contribution in [2.75, 3.05) is 0 Å². The van der Waals surface area contributed by atoms with E-state index in [1.54, 1.807) is 0 Å². The summed E-state index contributed by atoms with van der Waals surface area (Å²) < 4.78 is 0. The van der Waals surface area contributed by atoms with Crippen LogP contribution in [0, 0.1) is 0 Å². The summed E-state index contributed by atoms with van der Waals surface area (Å²) in [6.07, 6.45) is 2.17. The Morgan fingerprint density at radius 1 is 0.952 bits per heavy atom. The first-order valence-corrected chi connectivity index (χ1v) is 10.7. The number of hydrogen-bond donors (Lipinski definition) is 1. The van der Waals surface area contributed by atoms with Crippen LogP contribution < -0.4 is 0 Å². The average molecular weight is 312 g/mol. The highest BCUT2D eigenvalue weighted by Gasteiger charge is 2.26. The molecule has 21 heavy (non-hydrogen) atoms. The van der Waals surface area contributed by atoms with Gasteiger partial charge in [-0.15, -0.1) is 0 Å². The molecule has 0 spiro atoms. The van der Waals surface area contributed by atoms with Crippen LogP contribution in [0.5, 0.6) is 0 Å². The molecule has 106 valence electrons. The number of nitrogens with zero attached hydrogens (tertiary/aromatic N) is 2. The largest absolute Gasteiger partial charge is 0.250 e. The lowest BCUT2D eigenvalue weighted by Crippen LogP contribution is -2.14. The third-order valence-electron chi connectivity index (χ3n) is 3.70. The molecule has 0 saturated carbocycles. The molecule has 2 aliphatic rings. The molecule has 0 radical (unpaired) electrons. The molecule has 2 aromatic carbocycles. The van der Waals surface area contributed by atoms with E-state index in [-0.39, 0.29) is 9.45 Å². The fourth-order valence-corrected chi connectivity index (χ4v) is 10.9. The average Bonchev–Trinajstić information content (AvgIpc) is 3.11. The van der Waals surface area contributed by atoms with Gasteiger partial charge in [0.15, 0.2) is 0 Å². The monoisotopic (exact) mass is 312 g/mol. The Morgan fingerprint density at radius 2 is 1.71 bits per heavy atom. The number of hydrogen-bond acceptors (Lipinski definition) is 2. The van der Waals surface area contributed by atoms with Crippen molar-refractivity contribution in [2.45, 2.75) is 16.7 Å². The third-order valence-corrected chi connectivity index (χ3v) is 11.9. The first-order valence-electron chi connectivity index (χ1n) is 6.89. The van der Waals surface area contributed by atoms with Gasteiger partial charge >= 0.3 is 0 Å². The number of para-hydroxylation sites is 2. The zero-order chi connectivity index (χ0) is 14.3. The van der Waals surface area contributed by atoms with E-state index >= 15 is 0 Å². The van der Waals surface area contributed by atoms with Gasteiger partial charge in [0.1, 0.15) is 0 Å². The Morgan fingerprint density at radius 3 is 2.57 bits per heavy atom. The van der Waals surface area contributed by atoms with E-state index in [1.807, 2.05) is 0 Å². The summed E-state index contributed by atoms with van der Waals surface area (Å²) in [5, 5.41) is 2.37. The second kappa shape index (κ2) is 4.90. The maximum absolute atomic E-state index is 4.71. The highest BCUT2D eigenvalue weighted by Crippen LogP contribution is 2.42. The minimum atomic E-state index is -1.61. The maximum Gasteiger partial charge on any atom is 0.0775 e. The third kappa shape index (κ3) is 1.83. The number of benzene rings is 2. The van der Waals surface area contributed by atoms with Gasteiger partial charge < -0.3 is 0 Å². The number of fused-ring (bicyclic) bond motifs is 2. The highest BCUT2D eigenvalue weighted by molar-refractivity contribution is 8.64. The van der Waals surface area contributed by atoms with Crippen molar-refractivity contribution in [2.24, 2.45) is 9.98 Å². The zero-order valence-electron chi connectivity index (χ0n) is 11.7. The first-order chi connectivity index (χ1) is 10.3. The van der Waals surface area contributed by atoms with E-state index < -0.39 is 8.59 Å². The summed E-state index contributed by atoms with van der Waals surface area (Å²) >= 11 is 0. The fraction of sp³-hybridized carbons (Fsp3) is 0.0588. The molecule has 1 unspecified atom stereocenters. The van der Waals surface area contributed by atoms with Gasteiger partial charge in [-0.3, -0.25) is 4.99 Å². The van der Waals surface area contributed by atoms with E-state index in [0.29, 0.717) is 0 Å². The molecule has 4 rings (SSSR count). The molecule has 2 heterocycles. The summed E-state index contributed by atoms with van der Waals surface area (Å²) in [6, 6.07) is 17.0. The van der Waals surface area contributed by atoms with Crippen LogP contribution >= 0.6 is 0 Å². The summed E-state index contributed by atoms with van der Waals surface area (Å²) in [5.74, 6) is 0. The lowest BCUT2D eigenvalue weighted by atomic mass is 10.3. The molecule has 0 N–H and O–H groups in total. The molecule has 0 aromatic heterocycles. The quantitative estimate of drug-likeness (QED) is 0.755. The van der Waals surface area contributed by atoms with Gasteiger partial charge in [-0.2, -0.15) is 8.59 Å². The summed E-state index contributed by atoms with van der Waals surface area (Å²) in [5.41, 5.74) is 6.58. The molecule has 2 nitrogen and oxygen atoms in total. The molecule has 2 aromatic rings. The van der Waals surface area contributed by atoms with Gasteiger partial charge in [-0.05, 0) is 36.6 Å². The van der Waals surface area contributed by atoms with Crippen LogP contribution in [0.25, 0.3) is 0 Å². The zero-order valence-corrected chi connectivity index (χ0v) is 13.4. The van der Waals surface area contributed by atoms with Gasteiger partial charge in [0, 0.05) is 15.3 Å². The van der Waals surface area contributed by atoms with E-state index in [9.17, 15) is 0 Å². The summed E-state index contributed by atoms with van der Waals surface area (Å²) in [4.78, 5) is 12.1. The molecule has 2 aliphatic heterocycles. The van der Waals surface area contributed by atoms with Crippen LogP contribution in [0.1, 0.15) is 6.92 Å². The van der Waals surface area contributed by atoms with Crippen LogP contribution in [-0.2, 0) is 18.0 Å². The molecule has 0 bridgehead atoms. The van der Waals surface area contributed by atoms with E-state index in [4.69, 9.17) is 4.99 Å². The second-order valence-electron chi connectivity index (χ2n) is 4.94. The number of allylic oxidation sites excluding steroid dienone is 1. The van der Waals surface area contributed by atoms with Crippen molar-refractivity contribution in [3.63, 3.8) is 0 Å². The van der Waals surface area contributed by atoms with E-state index in [2.05, 4.69) is 83.0 Å². The normalized spacial score (nSPS) is 22.4. The molecule has 0 aliphatic carbocycles. The van der Waals surface area contributed by atoms with Crippen molar-refractivity contribution < 1.29 is 0 Å². The molecule has 1 atom stereocenters. The van der Waals surface area contributed by atoms with Crippen LogP contribution in [0.3, 0.4) is 0 Å². The first kappa shape index (κ1) is 12.9. The Labute approximate surface area is 127 Å². The van der Waals surface area contributed by atoms with Crippen molar-refractivity contribution in [1.82, 2.24) is 0 Å². The predicted octanol–water partition coefficient (Wildman–Crippen LogP) is 4.40. The van der Waals surface area contributed by atoms with Crippen LogP contribution in [0.15, 0.2) is 79.8 Å². The van der Waals surface area contributed by atoms with Crippen molar-refractivity contribution in [3.8, 4) is 0 Å². The number of thiol groups is 1. The van der Waals surface area contributed by atoms with Crippen molar-refractivity contribution >= 4 is 40.5 Å². The van der Waals surface area contributed by atoms with Crippen LogP contribution in [0.4, 0.5) is 11.4 Å². The van der Waals surface area contributed by atoms with Crippen LogP contribution in [0.2, 0.25) is 0 Å². The van der Waals surface area contributed by atoms with Crippen LogP contribution in [-0.4, -0.2) is 11.1 Å². The Balaban J connectivity index is 2.12. The standard InChI is InChI=1S/C17H16N2S2/c1-2-11-21(13-19-15-8-4-6-10-17(15)21)20-12-18-14-7-3-5-9-16(14)20/h2-13,21H,1H3. The Kier molecular flexibility index (Phi) is 3.01. The van der Waals surface area contributed by atoms with Gasteiger partial charge in [0.25, 0.3) is 0 Å². The van der Waals surface area contributed by atoms with Crippen molar-refractivity contribution in [1.29, 1.82) is 0 Å². The maximum atomic E-state index is 4.71. The summed E-state index contributed by atoms with van der Waals surface area (Å²) in [7, 11) is -1.62. The fourth-order valence-electron chi connectivity index (χ4n) is 2.79. The molecular formula is C17H16N2S2. The predicted molar refractivity (Wildman–Crippen MR) is 96.7 cm³/mol. The SMILES string of the molecule is CC=C[SH]1(=S2C=Nc3ccccc32)C=Nc2ccccc21. The number of aliphatic imine (C=N–C) groups is 2. The van der Waals surface area contributed by atoms with Crippen molar-refractivity contribution in [3.05, 3.63) is 60.0 Å². The molecule has 0 amide bonds. The Bertz CT molecular complexity index is 876. The van der Waals surface area contributed by atoms with Gasteiger partial charge in [-0.25, -0.2) is 4.99 Å². The summed E-state index contributed by atoms with van der Waals surface area (Å²) in [6.45, 7) is 2.10. The smallest absolute Gasteiger partial charge is 0.0775 e. The van der Waals surface area contributed by atoms with Gasteiger partial charge in [-0.1, -0.05) is 39.8 Å². The lowest BCUT2D eigenvalue weighted by Gasteiger charge is -2.24. The van der Waals surface area contributed by atoms with E-state index in [1.165, 1.54) is 9.79 Å². The Hall–Kier alpha value is -1.78. The minimum absolute atomic E-state index is 0.0141. The van der Waals surface area contributed by atoms with Gasteiger partial charge in [0.05, 0.1) is 16.9 Å². The second-order valence-corrected chi connectivity index (χ2v) is 11.6. The van der Waals surface area contributed by atoms with E-state index in [0.717, 1.165) is 11.4 Å². The minimum Gasteiger partial charge on any atom is -0.250 e. The topological polar surface area (TPSA) is 24.7 Å². The highest BCUT2D eigenvalue weighted by atomic mass is 32.9.